The highest BCUT2D eigenvalue weighted by Gasteiger charge is 1.99. The summed E-state index contributed by atoms with van der Waals surface area (Å²) in [6.45, 7) is 0. The minimum absolute atomic E-state index is 0.433. The van der Waals surface area contributed by atoms with Crippen molar-refractivity contribution in [3.63, 3.8) is 0 Å². The zero-order valence-electron chi connectivity index (χ0n) is 8.22. The van der Waals surface area contributed by atoms with Crippen molar-refractivity contribution in [3.8, 4) is 17.3 Å². The quantitative estimate of drug-likeness (QED) is 0.737. The average Bonchev–Trinajstić information content (AvgIpc) is 2.31. The molecule has 0 aliphatic carbocycles. The number of hydrogen-bond donors (Lipinski definition) is 0. The Balaban J connectivity index is 2.38. The molecule has 0 bridgehead atoms. The number of nitriles is 1. The molecule has 0 unspecified atom stereocenters. The lowest BCUT2D eigenvalue weighted by Gasteiger charge is -2.01. The normalized spacial score (nSPS) is 9.53. The van der Waals surface area contributed by atoms with Gasteiger partial charge in [0.15, 0.2) is 0 Å². The smallest absolute Gasteiger partial charge is 0.0705 e. The predicted molar refractivity (Wildman–Crippen MR) is 59.0 cm³/mol. The van der Waals surface area contributed by atoms with E-state index in [9.17, 15) is 0 Å². The lowest BCUT2D eigenvalue weighted by molar-refractivity contribution is 1.21. The maximum absolute atomic E-state index is 8.61. The molecule has 1 heterocycles. The minimum atomic E-state index is 0.433. The van der Waals surface area contributed by atoms with E-state index < -0.39 is 0 Å². The first-order valence-corrected chi connectivity index (χ1v) is 4.77. The molecular weight excluding hydrogens is 184 g/mol. The Morgan fingerprint density at radius 2 is 1.93 bits per heavy atom. The monoisotopic (exact) mass is 194 g/mol. The summed E-state index contributed by atoms with van der Waals surface area (Å²) in [7, 11) is 0. The number of nitrogens with zero attached hydrogens (tertiary/aromatic N) is 2. The molecule has 72 valence electrons. The lowest BCUT2D eigenvalue weighted by atomic mass is 10.1. The van der Waals surface area contributed by atoms with Crippen LogP contribution in [0.25, 0.3) is 11.3 Å². The average molecular weight is 194 g/mol. The van der Waals surface area contributed by atoms with Gasteiger partial charge in [-0.25, -0.2) is 0 Å². The third kappa shape index (κ3) is 2.21. The summed E-state index contributed by atoms with van der Waals surface area (Å²) in [4.78, 5) is 4.28. The van der Waals surface area contributed by atoms with Crippen molar-refractivity contribution in [2.75, 3.05) is 0 Å². The molecule has 0 saturated carbocycles. The van der Waals surface area contributed by atoms with Crippen LogP contribution in [0, 0.1) is 11.3 Å². The van der Waals surface area contributed by atoms with Gasteiger partial charge in [-0.15, -0.1) is 0 Å². The van der Waals surface area contributed by atoms with Gasteiger partial charge in [-0.2, -0.15) is 5.26 Å². The molecule has 0 spiro atoms. The summed E-state index contributed by atoms with van der Waals surface area (Å²) < 4.78 is 0. The molecule has 0 amide bonds. The SMILES string of the molecule is N#CCc1ccnc(-c2ccccc2)c1. The molecule has 0 radical (unpaired) electrons. The molecule has 2 heteroatoms. The van der Waals surface area contributed by atoms with Gasteiger partial charge in [0.05, 0.1) is 18.2 Å². The topological polar surface area (TPSA) is 36.7 Å². The molecular formula is C13H10N2. The number of benzene rings is 1. The third-order valence-electron chi connectivity index (χ3n) is 2.18. The molecule has 1 aromatic heterocycles. The van der Waals surface area contributed by atoms with Crippen LogP contribution in [0.4, 0.5) is 0 Å². The highest BCUT2D eigenvalue weighted by molar-refractivity contribution is 5.59. The summed E-state index contributed by atoms with van der Waals surface area (Å²) >= 11 is 0. The second-order valence-electron chi connectivity index (χ2n) is 3.25. The van der Waals surface area contributed by atoms with E-state index >= 15 is 0 Å². The first kappa shape index (κ1) is 9.42. The molecule has 2 aromatic rings. The molecule has 0 fully saturated rings. The van der Waals surface area contributed by atoms with Crippen molar-refractivity contribution in [2.24, 2.45) is 0 Å². The molecule has 2 rings (SSSR count). The maximum atomic E-state index is 8.61. The van der Waals surface area contributed by atoms with Gasteiger partial charge in [0.25, 0.3) is 0 Å². The fourth-order valence-corrected chi connectivity index (χ4v) is 1.44. The van der Waals surface area contributed by atoms with Gasteiger partial charge in [-0.3, -0.25) is 4.98 Å². The molecule has 0 N–H and O–H groups in total. The number of pyridine rings is 1. The predicted octanol–water partition coefficient (Wildman–Crippen LogP) is 2.81. The van der Waals surface area contributed by atoms with Crippen molar-refractivity contribution in [2.45, 2.75) is 6.42 Å². The second-order valence-corrected chi connectivity index (χ2v) is 3.25. The van der Waals surface area contributed by atoms with E-state index in [1.165, 1.54) is 0 Å². The van der Waals surface area contributed by atoms with E-state index in [4.69, 9.17) is 5.26 Å². The largest absolute Gasteiger partial charge is 0.256 e. The third-order valence-corrected chi connectivity index (χ3v) is 2.18. The van der Waals surface area contributed by atoms with Crippen LogP contribution in [-0.2, 0) is 6.42 Å². The van der Waals surface area contributed by atoms with Crippen LogP contribution in [0.2, 0.25) is 0 Å². The van der Waals surface area contributed by atoms with Gasteiger partial charge in [0.2, 0.25) is 0 Å². The molecule has 0 atom stereocenters. The Morgan fingerprint density at radius 3 is 2.67 bits per heavy atom. The van der Waals surface area contributed by atoms with Crippen LogP contribution in [0.5, 0.6) is 0 Å². The Bertz CT molecular complexity index is 483. The Kier molecular flexibility index (Phi) is 2.75. The molecule has 2 nitrogen and oxygen atoms in total. The summed E-state index contributed by atoms with van der Waals surface area (Å²) in [5.41, 5.74) is 3.01. The van der Waals surface area contributed by atoms with Crippen LogP contribution < -0.4 is 0 Å². The van der Waals surface area contributed by atoms with Crippen LogP contribution in [0.15, 0.2) is 48.7 Å². The number of hydrogen-bond acceptors (Lipinski definition) is 2. The van der Waals surface area contributed by atoms with Crippen molar-refractivity contribution in [1.82, 2.24) is 4.98 Å². The van der Waals surface area contributed by atoms with E-state index in [-0.39, 0.29) is 0 Å². The number of rotatable bonds is 2. The molecule has 15 heavy (non-hydrogen) atoms. The van der Waals surface area contributed by atoms with E-state index in [0.29, 0.717) is 6.42 Å². The van der Waals surface area contributed by atoms with Crippen LogP contribution in [0.3, 0.4) is 0 Å². The van der Waals surface area contributed by atoms with Crippen molar-refractivity contribution in [3.05, 3.63) is 54.2 Å². The van der Waals surface area contributed by atoms with E-state index in [1.807, 2.05) is 42.5 Å². The maximum Gasteiger partial charge on any atom is 0.0705 e. The van der Waals surface area contributed by atoms with Gasteiger partial charge in [-0.1, -0.05) is 30.3 Å². The van der Waals surface area contributed by atoms with Gasteiger partial charge < -0.3 is 0 Å². The zero-order chi connectivity index (χ0) is 10.5. The fourth-order valence-electron chi connectivity index (χ4n) is 1.44. The van der Waals surface area contributed by atoms with Gasteiger partial charge in [0, 0.05) is 11.8 Å². The van der Waals surface area contributed by atoms with Crippen LogP contribution in [0.1, 0.15) is 5.56 Å². The Labute approximate surface area is 88.8 Å². The van der Waals surface area contributed by atoms with Crippen molar-refractivity contribution in [1.29, 1.82) is 5.26 Å². The second kappa shape index (κ2) is 4.39. The van der Waals surface area contributed by atoms with Gasteiger partial charge in [-0.05, 0) is 17.7 Å². The summed E-state index contributed by atoms with van der Waals surface area (Å²) in [5.74, 6) is 0. The van der Waals surface area contributed by atoms with Crippen molar-refractivity contribution < 1.29 is 0 Å². The molecule has 1 aromatic carbocycles. The minimum Gasteiger partial charge on any atom is -0.256 e. The lowest BCUT2D eigenvalue weighted by Crippen LogP contribution is -1.87. The van der Waals surface area contributed by atoms with Crippen LogP contribution in [-0.4, -0.2) is 4.98 Å². The highest BCUT2D eigenvalue weighted by atomic mass is 14.7. The molecule has 0 aliphatic heterocycles. The highest BCUT2D eigenvalue weighted by Crippen LogP contribution is 2.17. The van der Waals surface area contributed by atoms with E-state index in [2.05, 4.69) is 11.1 Å². The Hall–Kier alpha value is -2.14. The summed E-state index contributed by atoms with van der Waals surface area (Å²) in [5, 5.41) is 8.61. The van der Waals surface area contributed by atoms with E-state index in [1.54, 1.807) is 6.20 Å². The first-order valence-electron chi connectivity index (χ1n) is 4.77. The summed E-state index contributed by atoms with van der Waals surface area (Å²) in [6, 6.07) is 15.9. The zero-order valence-corrected chi connectivity index (χ0v) is 8.22. The van der Waals surface area contributed by atoms with Crippen LogP contribution >= 0.6 is 0 Å². The summed E-state index contributed by atoms with van der Waals surface area (Å²) in [6.07, 6.45) is 2.18. The molecule has 0 aliphatic rings. The Morgan fingerprint density at radius 1 is 1.13 bits per heavy atom. The van der Waals surface area contributed by atoms with Gasteiger partial charge >= 0.3 is 0 Å². The van der Waals surface area contributed by atoms with E-state index in [0.717, 1.165) is 16.8 Å². The molecule has 0 saturated heterocycles. The number of aromatic nitrogens is 1. The standard InChI is InChI=1S/C13H10N2/c14-8-6-11-7-9-15-13(10-11)12-4-2-1-3-5-12/h1-5,7,9-10H,6H2. The first-order chi connectivity index (χ1) is 7.40. The van der Waals surface area contributed by atoms with Crippen molar-refractivity contribution >= 4 is 0 Å². The van der Waals surface area contributed by atoms with Gasteiger partial charge in [0.1, 0.15) is 0 Å². The fraction of sp³-hybridized carbons (Fsp3) is 0.0769.